The van der Waals surface area contributed by atoms with Crippen molar-refractivity contribution >= 4 is 11.2 Å². The molecule has 1 saturated heterocycles. The fourth-order valence-electron chi connectivity index (χ4n) is 4.23. The van der Waals surface area contributed by atoms with Gasteiger partial charge in [0.25, 0.3) is 5.56 Å². The van der Waals surface area contributed by atoms with E-state index in [0.29, 0.717) is 30.0 Å². The largest absolute Gasteiger partial charge is 0.376 e. The molecule has 0 spiro atoms. The smallest absolute Gasteiger partial charge is 0.337 e. The molecule has 0 amide bonds. The van der Waals surface area contributed by atoms with E-state index < -0.39 is 0 Å². The Kier molecular flexibility index (Phi) is 5.03. The Morgan fingerprint density at radius 2 is 1.84 bits per heavy atom. The van der Waals surface area contributed by atoms with Crippen molar-refractivity contribution in [3.05, 3.63) is 92.9 Å². The Morgan fingerprint density at radius 1 is 1.06 bits per heavy atom. The van der Waals surface area contributed by atoms with Gasteiger partial charge in [0.1, 0.15) is 0 Å². The summed E-state index contributed by atoms with van der Waals surface area (Å²) in [5, 5.41) is 0. The quantitative estimate of drug-likeness (QED) is 0.502. The zero-order valence-corrected chi connectivity index (χ0v) is 17.4. The molecular weight excluding hydrogens is 392 g/mol. The highest BCUT2D eigenvalue weighted by Gasteiger charge is 2.23. The molecule has 3 heterocycles. The van der Waals surface area contributed by atoms with Crippen LogP contribution in [0.15, 0.2) is 70.5 Å². The second-order valence-corrected chi connectivity index (χ2v) is 7.98. The molecular formula is C24H24N4O3. The summed E-state index contributed by atoms with van der Waals surface area (Å²) in [4.78, 5) is 31.4. The molecule has 0 saturated carbocycles. The lowest BCUT2D eigenvalue weighted by Gasteiger charge is -2.15. The van der Waals surface area contributed by atoms with Crippen molar-refractivity contribution in [3.63, 3.8) is 0 Å². The molecule has 1 aliphatic heterocycles. The Morgan fingerprint density at radius 3 is 2.58 bits per heavy atom. The zero-order chi connectivity index (χ0) is 21.4. The fraction of sp³-hybridized carbons (Fsp3) is 0.292. The van der Waals surface area contributed by atoms with Gasteiger partial charge in [-0.25, -0.2) is 14.3 Å². The maximum absolute atomic E-state index is 13.5. The number of aromatic nitrogens is 4. The van der Waals surface area contributed by atoms with Crippen LogP contribution in [0.1, 0.15) is 24.0 Å². The lowest BCUT2D eigenvalue weighted by molar-refractivity contribution is 0.0950. The third kappa shape index (κ3) is 3.51. The van der Waals surface area contributed by atoms with Gasteiger partial charge in [0.05, 0.1) is 24.7 Å². The molecule has 0 N–H and O–H groups in total. The number of aryl methyl sites for hydroxylation is 1. The molecule has 1 atom stereocenters. The number of rotatable bonds is 5. The SMILES string of the molecule is Cc1ccccc1Cn1cnc2c1c(=O)n(CC1CCCO1)c(=O)n2-c1ccccc1. The van der Waals surface area contributed by atoms with Crippen molar-refractivity contribution < 1.29 is 4.74 Å². The van der Waals surface area contributed by atoms with E-state index in [4.69, 9.17) is 4.74 Å². The number of hydrogen-bond acceptors (Lipinski definition) is 4. The normalized spacial score (nSPS) is 16.2. The lowest BCUT2D eigenvalue weighted by Crippen LogP contribution is -2.42. The van der Waals surface area contributed by atoms with Crippen molar-refractivity contribution in [3.8, 4) is 5.69 Å². The van der Waals surface area contributed by atoms with Gasteiger partial charge < -0.3 is 9.30 Å². The summed E-state index contributed by atoms with van der Waals surface area (Å²) in [7, 11) is 0. The Labute approximate surface area is 179 Å². The number of ether oxygens (including phenoxy) is 1. The molecule has 1 fully saturated rings. The minimum absolute atomic E-state index is 0.125. The van der Waals surface area contributed by atoms with E-state index in [2.05, 4.69) is 4.98 Å². The van der Waals surface area contributed by atoms with Crippen LogP contribution in [0.3, 0.4) is 0 Å². The van der Waals surface area contributed by atoms with E-state index in [0.717, 1.165) is 24.0 Å². The molecule has 7 nitrogen and oxygen atoms in total. The minimum Gasteiger partial charge on any atom is -0.376 e. The summed E-state index contributed by atoms with van der Waals surface area (Å²) < 4.78 is 10.4. The van der Waals surface area contributed by atoms with Crippen LogP contribution < -0.4 is 11.2 Å². The van der Waals surface area contributed by atoms with Gasteiger partial charge in [-0.3, -0.25) is 9.36 Å². The predicted octanol–water partition coefficient (Wildman–Crippen LogP) is 2.88. The summed E-state index contributed by atoms with van der Waals surface area (Å²) in [6.07, 6.45) is 3.31. The second-order valence-electron chi connectivity index (χ2n) is 7.98. The van der Waals surface area contributed by atoms with E-state index >= 15 is 0 Å². The molecule has 4 aromatic rings. The highest BCUT2D eigenvalue weighted by Crippen LogP contribution is 2.17. The molecule has 5 rings (SSSR count). The summed E-state index contributed by atoms with van der Waals surface area (Å²) in [5.74, 6) is 0. The number of hydrogen-bond donors (Lipinski definition) is 0. The average molecular weight is 416 g/mol. The number of nitrogens with zero attached hydrogens (tertiary/aromatic N) is 4. The van der Waals surface area contributed by atoms with Crippen LogP contribution in [0.4, 0.5) is 0 Å². The molecule has 0 bridgehead atoms. The Hall–Kier alpha value is -3.45. The number of para-hydroxylation sites is 1. The maximum Gasteiger partial charge on any atom is 0.337 e. The predicted molar refractivity (Wildman–Crippen MR) is 119 cm³/mol. The summed E-state index contributed by atoms with van der Waals surface area (Å²) in [6.45, 7) is 3.46. The van der Waals surface area contributed by atoms with E-state index in [-0.39, 0.29) is 23.9 Å². The summed E-state index contributed by atoms with van der Waals surface area (Å²) in [6, 6.07) is 17.4. The second kappa shape index (κ2) is 8.00. The van der Waals surface area contributed by atoms with Crippen molar-refractivity contribution in [2.75, 3.05) is 6.61 Å². The van der Waals surface area contributed by atoms with Gasteiger partial charge >= 0.3 is 5.69 Å². The molecule has 31 heavy (non-hydrogen) atoms. The third-order valence-corrected chi connectivity index (χ3v) is 5.93. The highest BCUT2D eigenvalue weighted by molar-refractivity contribution is 5.72. The van der Waals surface area contributed by atoms with Crippen molar-refractivity contribution in [1.82, 2.24) is 18.7 Å². The molecule has 7 heteroatoms. The molecule has 158 valence electrons. The van der Waals surface area contributed by atoms with Gasteiger partial charge in [-0.2, -0.15) is 0 Å². The summed E-state index contributed by atoms with van der Waals surface area (Å²) in [5.41, 5.74) is 3.00. The van der Waals surface area contributed by atoms with Crippen LogP contribution in [-0.4, -0.2) is 31.4 Å². The first-order valence-corrected chi connectivity index (χ1v) is 10.6. The monoisotopic (exact) mass is 416 g/mol. The topological polar surface area (TPSA) is 71.1 Å². The molecule has 1 unspecified atom stereocenters. The molecule has 1 aliphatic rings. The van der Waals surface area contributed by atoms with Crippen LogP contribution in [0, 0.1) is 6.92 Å². The number of fused-ring (bicyclic) bond motifs is 1. The van der Waals surface area contributed by atoms with E-state index in [1.54, 1.807) is 6.33 Å². The standard InChI is InChI=1S/C24H24N4O3/c1-17-8-5-6-9-18(17)14-26-16-25-22-21(26)23(29)27(15-20-12-7-13-31-20)24(30)28(22)19-10-3-2-4-11-19/h2-6,8-11,16,20H,7,12-15H2,1H3. The summed E-state index contributed by atoms with van der Waals surface area (Å²) >= 11 is 0. The maximum atomic E-state index is 13.5. The van der Waals surface area contributed by atoms with Gasteiger partial charge in [0.15, 0.2) is 11.2 Å². The molecule has 0 aliphatic carbocycles. The lowest BCUT2D eigenvalue weighted by atomic mass is 10.1. The van der Waals surface area contributed by atoms with Crippen molar-refractivity contribution in [2.45, 2.75) is 39.0 Å². The van der Waals surface area contributed by atoms with Crippen molar-refractivity contribution in [2.24, 2.45) is 0 Å². The van der Waals surface area contributed by atoms with Gasteiger partial charge in [-0.1, -0.05) is 42.5 Å². The van der Waals surface area contributed by atoms with Crippen LogP contribution in [-0.2, 0) is 17.8 Å². The van der Waals surface area contributed by atoms with Crippen LogP contribution >= 0.6 is 0 Å². The van der Waals surface area contributed by atoms with Gasteiger partial charge in [-0.05, 0) is 43.0 Å². The number of benzene rings is 2. The van der Waals surface area contributed by atoms with E-state index in [9.17, 15) is 9.59 Å². The van der Waals surface area contributed by atoms with Crippen LogP contribution in [0.5, 0.6) is 0 Å². The first kappa shape index (κ1) is 19.5. The van der Waals surface area contributed by atoms with Gasteiger partial charge in [-0.15, -0.1) is 0 Å². The fourth-order valence-corrected chi connectivity index (χ4v) is 4.23. The highest BCUT2D eigenvalue weighted by atomic mass is 16.5. The van der Waals surface area contributed by atoms with Gasteiger partial charge in [0, 0.05) is 13.2 Å². The average Bonchev–Trinajstić information content (AvgIpc) is 3.44. The van der Waals surface area contributed by atoms with E-state index in [1.165, 1.54) is 9.13 Å². The molecule has 0 radical (unpaired) electrons. The zero-order valence-electron chi connectivity index (χ0n) is 17.4. The van der Waals surface area contributed by atoms with E-state index in [1.807, 2.05) is 66.1 Å². The van der Waals surface area contributed by atoms with Crippen LogP contribution in [0.25, 0.3) is 16.9 Å². The molecule has 2 aromatic heterocycles. The van der Waals surface area contributed by atoms with Crippen LogP contribution in [0.2, 0.25) is 0 Å². The first-order chi connectivity index (χ1) is 15.1. The van der Waals surface area contributed by atoms with Gasteiger partial charge in [0.2, 0.25) is 0 Å². The van der Waals surface area contributed by atoms with Crippen molar-refractivity contribution in [1.29, 1.82) is 0 Å². The molecule has 2 aromatic carbocycles. The third-order valence-electron chi connectivity index (χ3n) is 5.93. The Balaban J connectivity index is 1.73. The first-order valence-electron chi connectivity index (χ1n) is 10.6. The number of imidazole rings is 1. The minimum atomic E-state index is -0.389. The Bertz CT molecular complexity index is 1350.